The fourth-order valence-corrected chi connectivity index (χ4v) is 3.05. The molecule has 1 heterocycles. The van der Waals surface area contributed by atoms with Crippen molar-refractivity contribution in [2.45, 2.75) is 38.5 Å². The highest BCUT2D eigenvalue weighted by Crippen LogP contribution is 2.20. The van der Waals surface area contributed by atoms with Crippen LogP contribution in [0.4, 0.5) is 4.79 Å². The average molecular weight is 336 g/mol. The SMILES string of the molecule is CC(C)(C)OC(=O)N1CCC(C(=O)NSCc2ccccc2)C1. The predicted molar refractivity (Wildman–Crippen MR) is 91.8 cm³/mol. The fraction of sp³-hybridized carbons (Fsp3) is 0.529. The smallest absolute Gasteiger partial charge is 0.410 e. The molecule has 23 heavy (non-hydrogen) atoms. The van der Waals surface area contributed by atoms with Gasteiger partial charge in [0, 0.05) is 18.8 Å². The van der Waals surface area contributed by atoms with Crippen molar-refractivity contribution in [1.82, 2.24) is 9.62 Å². The van der Waals surface area contributed by atoms with Crippen LogP contribution in [0.25, 0.3) is 0 Å². The minimum atomic E-state index is -0.511. The lowest BCUT2D eigenvalue weighted by molar-refractivity contribution is -0.122. The molecule has 1 aliphatic rings. The zero-order valence-corrected chi connectivity index (χ0v) is 14.7. The van der Waals surface area contributed by atoms with Crippen LogP contribution in [0.5, 0.6) is 0 Å². The van der Waals surface area contributed by atoms with Crippen LogP contribution in [0.3, 0.4) is 0 Å². The maximum absolute atomic E-state index is 12.2. The molecule has 0 spiro atoms. The first-order valence-electron chi connectivity index (χ1n) is 7.78. The van der Waals surface area contributed by atoms with Gasteiger partial charge < -0.3 is 9.64 Å². The third kappa shape index (κ3) is 5.78. The number of amides is 2. The number of ether oxygens (including phenoxy) is 1. The molecular formula is C17H24N2O3S. The van der Waals surface area contributed by atoms with E-state index in [0.29, 0.717) is 19.5 Å². The lowest BCUT2D eigenvalue weighted by atomic mass is 10.1. The van der Waals surface area contributed by atoms with Crippen molar-refractivity contribution in [3.8, 4) is 0 Å². The minimum Gasteiger partial charge on any atom is -0.444 e. The van der Waals surface area contributed by atoms with Gasteiger partial charge in [-0.25, -0.2) is 4.79 Å². The topological polar surface area (TPSA) is 58.6 Å². The highest BCUT2D eigenvalue weighted by molar-refractivity contribution is 7.97. The van der Waals surface area contributed by atoms with Gasteiger partial charge >= 0.3 is 6.09 Å². The number of rotatable bonds is 4. The van der Waals surface area contributed by atoms with Gasteiger partial charge in [0.2, 0.25) is 5.91 Å². The van der Waals surface area contributed by atoms with E-state index < -0.39 is 5.60 Å². The summed E-state index contributed by atoms with van der Waals surface area (Å²) in [5.74, 6) is 0.553. The third-order valence-corrected chi connectivity index (χ3v) is 4.29. The molecule has 1 aromatic carbocycles. The van der Waals surface area contributed by atoms with Crippen molar-refractivity contribution in [3.63, 3.8) is 0 Å². The molecule has 6 heteroatoms. The van der Waals surface area contributed by atoms with Gasteiger partial charge in [-0.15, -0.1) is 0 Å². The second-order valence-corrected chi connectivity index (χ2v) is 7.43. The van der Waals surface area contributed by atoms with Gasteiger partial charge in [0.25, 0.3) is 0 Å². The molecule has 1 fully saturated rings. The van der Waals surface area contributed by atoms with Crippen LogP contribution < -0.4 is 4.72 Å². The minimum absolute atomic E-state index is 0.0167. The Morgan fingerprint density at radius 2 is 2.00 bits per heavy atom. The highest BCUT2D eigenvalue weighted by atomic mass is 32.2. The van der Waals surface area contributed by atoms with Crippen LogP contribution in [-0.4, -0.2) is 35.6 Å². The molecule has 1 atom stereocenters. The molecule has 1 aromatic rings. The first kappa shape index (κ1) is 17.7. The highest BCUT2D eigenvalue weighted by Gasteiger charge is 2.33. The van der Waals surface area contributed by atoms with Crippen molar-refractivity contribution < 1.29 is 14.3 Å². The van der Waals surface area contributed by atoms with E-state index in [-0.39, 0.29) is 17.9 Å². The quantitative estimate of drug-likeness (QED) is 0.858. The fourth-order valence-electron chi connectivity index (χ4n) is 2.31. The molecule has 0 radical (unpaired) electrons. The van der Waals surface area contributed by atoms with Crippen molar-refractivity contribution >= 4 is 23.9 Å². The van der Waals surface area contributed by atoms with Crippen LogP contribution >= 0.6 is 11.9 Å². The number of benzene rings is 1. The Hall–Kier alpha value is -1.69. The summed E-state index contributed by atoms with van der Waals surface area (Å²) in [4.78, 5) is 25.8. The molecule has 1 aliphatic heterocycles. The predicted octanol–water partition coefficient (Wildman–Crippen LogP) is 3.21. The van der Waals surface area contributed by atoms with E-state index >= 15 is 0 Å². The zero-order valence-electron chi connectivity index (χ0n) is 13.9. The molecule has 126 valence electrons. The summed E-state index contributed by atoms with van der Waals surface area (Å²) in [6.45, 7) is 6.51. The van der Waals surface area contributed by atoms with Crippen LogP contribution in [-0.2, 0) is 15.3 Å². The molecule has 0 aromatic heterocycles. The van der Waals surface area contributed by atoms with Crippen molar-refractivity contribution in [2.24, 2.45) is 5.92 Å². The first-order valence-corrected chi connectivity index (χ1v) is 8.77. The van der Waals surface area contributed by atoms with E-state index in [4.69, 9.17) is 4.74 Å². The number of carbonyl (C=O) groups excluding carboxylic acids is 2. The average Bonchev–Trinajstić information content (AvgIpc) is 2.96. The third-order valence-electron chi connectivity index (χ3n) is 3.47. The van der Waals surface area contributed by atoms with Gasteiger partial charge in [-0.1, -0.05) is 30.3 Å². The van der Waals surface area contributed by atoms with E-state index in [1.807, 2.05) is 51.1 Å². The molecule has 2 rings (SSSR count). The van der Waals surface area contributed by atoms with Crippen LogP contribution in [0, 0.1) is 5.92 Å². The number of hydrogen-bond acceptors (Lipinski definition) is 4. The lowest BCUT2D eigenvalue weighted by Gasteiger charge is -2.24. The Kier molecular flexibility index (Phi) is 5.93. The summed E-state index contributed by atoms with van der Waals surface area (Å²) in [5.41, 5.74) is 0.655. The summed E-state index contributed by atoms with van der Waals surface area (Å²) in [7, 11) is 0. The maximum Gasteiger partial charge on any atom is 0.410 e. The zero-order chi connectivity index (χ0) is 16.9. The van der Waals surface area contributed by atoms with Crippen molar-refractivity contribution in [3.05, 3.63) is 35.9 Å². The van der Waals surface area contributed by atoms with Gasteiger partial charge in [-0.05, 0) is 44.7 Å². The van der Waals surface area contributed by atoms with Crippen LogP contribution in [0.1, 0.15) is 32.8 Å². The van der Waals surface area contributed by atoms with E-state index in [1.165, 1.54) is 17.5 Å². The lowest BCUT2D eigenvalue weighted by Crippen LogP contribution is -2.36. The first-order chi connectivity index (χ1) is 10.8. The Morgan fingerprint density at radius 3 is 2.65 bits per heavy atom. The van der Waals surface area contributed by atoms with Crippen molar-refractivity contribution in [1.29, 1.82) is 0 Å². The summed E-state index contributed by atoms with van der Waals surface area (Å²) in [6.07, 6.45) is 0.335. The Labute approximate surface area is 141 Å². The Bertz CT molecular complexity index is 543. The number of carbonyl (C=O) groups is 2. The summed E-state index contributed by atoms with van der Waals surface area (Å²) in [5, 5.41) is 0. The molecule has 1 saturated heterocycles. The largest absolute Gasteiger partial charge is 0.444 e. The van der Waals surface area contributed by atoms with Gasteiger partial charge in [0.15, 0.2) is 0 Å². The monoisotopic (exact) mass is 336 g/mol. The van der Waals surface area contributed by atoms with E-state index in [9.17, 15) is 9.59 Å². The van der Waals surface area contributed by atoms with E-state index in [2.05, 4.69) is 4.72 Å². The molecule has 0 aliphatic carbocycles. The number of nitrogens with one attached hydrogen (secondary N) is 1. The van der Waals surface area contributed by atoms with E-state index in [0.717, 1.165) is 5.75 Å². The van der Waals surface area contributed by atoms with Gasteiger partial charge in [-0.2, -0.15) is 0 Å². The van der Waals surface area contributed by atoms with Gasteiger partial charge in [-0.3, -0.25) is 9.52 Å². The molecule has 0 saturated carbocycles. The second kappa shape index (κ2) is 7.73. The van der Waals surface area contributed by atoms with Crippen molar-refractivity contribution in [2.75, 3.05) is 13.1 Å². The molecule has 0 bridgehead atoms. The summed E-state index contributed by atoms with van der Waals surface area (Å²) < 4.78 is 8.22. The Balaban J connectivity index is 1.73. The number of nitrogens with zero attached hydrogens (tertiary/aromatic N) is 1. The summed E-state index contributed by atoms with van der Waals surface area (Å²) in [6, 6.07) is 9.98. The second-order valence-electron chi connectivity index (χ2n) is 6.65. The molecule has 2 amide bonds. The maximum atomic E-state index is 12.2. The number of hydrogen-bond donors (Lipinski definition) is 1. The molecule has 1 N–H and O–H groups in total. The normalized spacial score (nSPS) is 17.9. The van der Waals surface area contributed by atoms with Gasteiger partial charge in [0.05, 0.1) is 5.92 Å². The van der Waals surface area contributed by atoms with Crippen LogP contribution in [0.2, 0.25) is 0 Å². The molecular weight excluding hydrogens is 312 g/mol. The Morgan fingerprint density at radius 1 is 1.30 bits per heavy atom. The van der Waals surface area contributed by atoms with Crippen LogP contribution in [0.15, 0.2) is 30.3 Å². The number of likely N-dealkylation sites (tertiary alicyclic amines) is 1. The van der Waals surface area contributed by atoms with E-state index in [1.54, 1.807) is 4.90 Å². The van der Waals surface area contributed by atoms with Gasteiger partial charge in [0.1, 0.15) is 5.60 Å². The molecule has 5 nitrogen and oxygen atoms in total. The standard InChI is InChI=1S/C17H24N2O3S/c1-17(2,3)22-16(21)19-10-9-14(11-19)15(20)18-23-12-13-7-5-4-6-8-13/h4-8,14H,9-12H2,1-3H3,(H,18,20). The molecule has 1 unspecified atom stereocenters. The summed E-state index contributed by atoms with van der Waals surface area (Å²) >= 11 is 1.39.